The van der Waals surface area contributed by atoms with Gasteiger partial charge in [-0.25, -0.2) is 4.79 Å². The molecule has 0 aromatic heterocycles. The lowest BCUT2D eigenvalue weighted by Gasteiger charge is -2.28. The van der Waals surface area contributed by atoms with Gasteiger partial charge in [-0.05, 0) is 26.7 Å². The molecule has 0 bridgehead atoms. The molecule has 0 atom stereocenters. The molecule has 0 aromatic rings. The van der Waals surface area contributed by atoms with Crippen molar-refractivity contribution in [2.24, 2.45) is 0 Å². The summed E-state index contributed by atoms with van der Waals surface area (Å²) >= 11 is 0. The summed E-state index contributed by atoms with van der Waals surface area (Å²) in [6.07, 6.45) is 3.57. The third-order valence-electron chi connectivity index (χ3n) is 4.27. The van der Waals surface area contributed by atoms with Crippen molar-refractivity contribution in [2.75, 3.05) is 13.2 Å². The molecule has 118 valence electrons. The Hall–Kier alpha value is -1.63. The van der Waals surface area contributed by atoms with Gasteiger partial charge in [0.25, 0.3) is 5.91 Å². The van der Waals surface area contributed by atoms with Crippen molar-refractivity contribution in [2.45, 2.75) is 57.0 Å². The van der Waals surface area contributed by atoms with Crippen molar-refractivity contribution in [3.8, 4) is 0 Å². The fourth-order valence-electron chi connectivity index (χ4n) is 2.97. The number of hydrogen-bond donors (Lipinski definition) is 3. The lowest BCUT2D eigenvalue weighted by molar-refractivity contribution is -0.130. The van der Waals surface area contributed by atoms with Crippen LogP contribution in [0.15, 0.2) is 0 Å². The normalized spacial score (nSPS) is 23.3. The number of carbonyl (C=O) groups is 3. The van der Waals surface area contributed by atoms with Gasteiger partial charge in [0.05, 0.1) is 12.1 Å². The zero-order valence-corrected chi connectivity index (χ0v) is 12.6. The molecule has 0 radical (unpaired) electrons. The first-order valence-electron chi connectivity index (χ1n) is 7.36. The van der Waals surface area contributed by atoms with E-state index in [-0.39, 0.29) is 31.4 Å². The van der Waals surface area contributed by atoms with E-state index in [9.17, 15) is 19.5 Å². The van der Waals surface area contributed by atoms with Gasteiger partial charge in [-0.1, -0.05) is 12.8 Å². The number of imide groups is 1. The van der Waals surface area contributed by atoms with E-state index in [2.05, 4.69) is 10.6 Å². The van der Waals surface area contributed by atoms with Crippen LogP contribution in [-0.2, 0) is 9.59 Å². The van der Waals surface area contributed by atoms with Gasteiger partial charge in [0.15, 0.2) is 0 Å². The van der Waals surface area contributed by atoms with Crippen molar-refractivity contribution in [1.82, 2.24) is 15.5 Å². The monoisotopic (exact) mass is 297 g/mol. The Morgan fingerprint density at radius 3 is 2.43 bits per heavy atom. The van der Waals surface area contributed by atoms with Gasteiger partial charge in [0, 0.05) is 13.0 Å². The lowest BCUT2D eigenvalue weighted by Crippen LogP contribution is -2.50. The van der Waals surface area contributed by atoms with E-state index in [1.54, 1.807) is 13.8 Å². The minimum atomic E-state index is -0.911. The highest BCUT2D eigenvalue weighted by atomic mass is 16.3. The number of hydrogen-bond acceptors (Lipinski definition) is 4. The first kappa shape index (κ1) is 15.8. The molecule has 7 heteroatoms. The van der Waals surface area contributed by atoms with Crippen molar-refractivity contribution in [3.05, 3.63) is 0 Å². The van der Waals surface area contributed by atoms with E-state index in [4.69, 9.17) is 0 Å². The van der Waals surface area contributed by atoms with Crippen LogP contribution in [0.1, 0.15) is 46.0 Å². The van der Waals surface area contributed by atoms with Gasteiger partial charge in [-0.3, -0.25) is 14.5 Å². The highest BCUT2D eigenvalue weighted by molar-refractivity contribution is 6.06. The molecule has 1 heterocycles. The van der Waals surface area contributed by atoms with Gasteiger partial charge >= 0.3 is 6.03 Å². The highest BCUT2D eigenvalue weighted by Gasteiger charge is 2.44. The lowest BCUT2D eigenvalue weighted by atomic mass is 9.98. The number of aliphatic hydroxyl groups excluding tert-OH is 1. The van der Waals surface area contributed by atoms with Crippen LogP contribution in [0.2, 0.25) is 0 Å². The number of urea groups is 1. The third-order valence-corrected chi connectivity index (χ3v) is 4.27. The van der Waals surface area contributed by atoms with Crippen LogP contribution in [0, 0.1) is 0 Å². The summed E-state index contributed by atoms with van der Waals surface area (Å²) in [6.45, 7) is 3.25. The third kappa shape index (κ3) is 3.18. The van der Waals surface area contributed by atoms with Gasteiger partial charge < -0.3 is 15.7 Å². The summed E-state index contributed by atoms with van der Waals surface area (Å²) in [4.78, 5) is 36.8. The van der Waals surface area contributed by atoms with Crippen LogP contribution in [0.3, 0.4) is 0 Å². The highest BCUT2D eigenvalue weighted by Crippen LogP contribution is 2.29. The zero-order valence-electron chi connectivity index (χ0n) is 12.6. The van der Waals surface area contributed by atoms with Gasteiger partial charge in [-0.2, -0.15) is 0 Å². The maximum absolute atomic E-state index is 12.0. The average Bonchev–Trinajstić information content (AvgIpc) is 2.93. The van der Waals surface area contributed by atoms with Gasteiger partial charge in [0.1, 0.15) is 5.54 Å². The summed E-state index contributed by atoms with van der Waals surface area (Å²) in [6, 6.07) is -0.462. The second kappa shape index (κ2) is 5.63. The van der Waals surface area contributed by atoms with Crippen molar-refractivity contribution >= 4 is 17.8 Å². The Kier molecular flexibility index (Phi) is 4.22. The number of amides is 4. The molecule has 21 heavy (non-hydrogen) atoms. The second-order valence-corrected chi connectivity index (χ2v) is 6.46. The molecule has 7 nitrogen and oxygen atoms in total. The molecule has 4 amide bonds. The summed E-state index contributed by atoms with van der Waals surface area (Å²) in [5, 5.41) is 14.9. The van der Waals surface area contributed by atoms with E-state index in [1.165, 1.54) is 0 Å². The molecule has 1 saturated carbocycles. The summed E-state index contributed by atoms with van der Waals surface area (Å²) in [7, 11) is 0. The SMILES string of the molecule is CC1(C)NC(=O)N(CCC(=O)NC2(CO)CCCC2)C1=O. The number of aliphatic hydroxyl groups is 1. The van der Waals surface area contributed by atoms with Crippen LogP contribution in [0.4, 0.5) is 4.79 Å². The topological polar surface area (TPSA) is 98.7 Å². The predicted molar refractivity (Wildman–Crippen MR) is 75.4 cm³/mol. The summed E-state index contributed by atoms with van der Waals surface area (Å²) < 4.78 is 0. The Labute approximate surface area is 124 Å². The van der Waals surface area contributed by atoms with E-state index in [0.717, 1.165) is 30.6 Å². The molecule has 1 saturated heterocycles. The van der Waals surface area contributed by atoms with E-state index in [0.29, 0.717) is 0 Å². The fraction of sp³-hybridized carbons (Fsp3) is 0.786. The second-order valence-electron chi connectivity index (χ2n) is 6.46. The van der Waals surface area contributed by atoms with Crippen LogP contribution in [-0.4, -0.2) is 52.1 Å². The minimum absolute atomic E-state index is 0.0526. The van der Waals surface area contributed by atoms with E-state index < -0.39 is 17.1 Å². The molecule has 2 fully saturated rings. The molecule has 0 unspecified atom stereocenters. The zero-order chi connectivity index (χ0) is 15.7. The molecule has 1 aliphatic carbocycles. The van der Waals surface area contributed by atoms with Crippen LogP contribution < -0.4 is 10.6 Å². The summed E-state index contributed by atoms with van der Waals surface area (Å²) in [5.74, 6) is -0.561. The Bertz CT molecular complexity index is 455. The predicted octanol–water partition coefficient (Wildman–Crippen LogP) is 0.128. The Balaban J connectivity index is 1.87. The van der Waals surface area contributed by atoms with Crippen LogP contribution in [0.25, 0.3) is 0 Å². The molecular weight excluding hydrogens is 274 g/mol. The van der Waals surface area contributed by atoms with Crippen molar-refractivity contribution in [1.29, 1.82) is 0 Å². The number of nitrogens with zero attached hydrogens (tertiary/aromatic N) is 1. The molecule has 2 rings (SSSR count). The van der Waals surface area contributed by atoms with E-state index in [1.807, 2.05) is 0 Å². The quantitative estimate of drug-likeness (QED) is 0.628. The van der Waals surface area contributed by atoms with Crippen molar-refractivity contribution < 1.29 is 19.5 Å². The summed E-state index contributed by atoms with van der Waals surface area (Å²) in [5.41, 5.74) is -1.43. The average molecular weight is 297 g/mol. The van der Waals surface area contributed by atoms with Gasteiger partial charge in [0.2, 0.25) is 5.91 Å². The number of rotatable bonds is 5. The van der Waals surface area contributed by atoms with Crippen molar-refractivity contribution in [3.63, 3.8) is 0 Å². The largest absolute Gasteiger partial charge is 0.394 e. The number of carbonyl (C=O) groups excluding carboxylic acids is 3. The molecule has 0 aromatic carbocycles. The molecule has 0 spiro atoms. The Morgan fingerprint density at radius 2 is 1.95 bits per heavy atom. The maximum atomic E-state index is 12.0. The van der Waals surface area contributed by atoms with Crippen LogP contribution in [0.5, 0.6) is 0 Å². The molecule has 3 N–H and O–H groups in total. The minimum Gasteiger partial charge on any atom is -0.394 e. The van der Waals surface area contributed by atoms with Gasteiger partial charge in [-0.15, -0.1) is 0 Å². The standard InChI is InChI=1S/C14H23N3O4/c1-13(2)11(20)17(12(21)16-13)8-5-10(19)15-14(9-18)6-3-4-7-14/h18H,3-9H2,1-2H3,(H,15,19)(H,16,21). The Morgan fingerprint density at radius 1 is 1.33 bits per heavy atom. The first-order valence-corrected chi connectivity index (χ1v) is 7.36. The van der Waals surface area contributed by atoms with Crippen LogP contribution >= 0.6 is 0 Å². The molecule has 1 aliphatic heterocycles. The van der Waals surface area contributed by atoms with E-state index >= 15 is 0 Å². The molecular formula is C14H23N3O4. The fourth-order valence-corrected chi connectivity index (χ4v) is 2.97. The number of nitrogens with one attached hydrogen (secondary N) is 2. The maximum Gasteiger partial charge on any atom is 0.325 e. The smallest absolute Gasteiger partial charge is 0.325 e. The molecule has 2 aliphatic rings. The first-order chi connectivity index (χ1) is 9.80.